The second-order valence-corrected chi connectivity index (χ2v) is 5.15. The van der Waals surface area contributed by atoms with E-state index in [0.717, 1.165) is 17.0 Å². The molecule has 104 valence electrons. The van der Waals surface area contributed by atoms with Crippen molar-refractivity contribution < 1.29 is 4.92 Å². The van der Waals surface area contributed by atoms with Crippen LogP contribution in [0.25, 0.3) is 0 Å². The maximum Gasteiger partial charge on any atom is 0.283 e. The average Bonchev–Trinajstić information content (AvgIpc) is 2.42. The summed E-state index contributed by atoms with van der Waals surface area (Å²) < 4.78 is 0.482. The molecule has 0 aliphatic rings. The summed E-state index contributed by atoms with van der Waals surface area (Å²) >= 11 is 3.16. The Bertz CT molecular complexity index is 616. The van der Waals surface area contributed by atoms with Crippen molar-refractivity contribution in [2.75, 3.05) is 0 Å². The van der Waals surface area contributed by atoms with Crippen molar-refractivity contribution in [1.29, 1.82) is 0 Å². The molecule has 2 rings (SSSR count). The number of nitrogens with zero attached hydrogens (tertiary/aromatic N) is 3. The van der Waals surface area contributed by atoms with Gasteiger partial charge in [0.2, 0.25) is 0 Å². The van der Waals surface area contributed by atoms with Crippen LogP contribution in [-0.4, -0.2) is 14.9 Å². The molecule has 0 spiro atoms. The van der Waals surface area contributed by atoms with Crippen LogP contribution in [0, 0.1) is 17.0 Å². The van der Waals surface area contributed by atoms with Crippen molar-refractivity contribution in [3.63, 3.8) is 0 Å². The first kappa shape index (κ1) is 14.5. The van der Waals surface area contributed by atoms with Crippen LogP contribution >= 0.6 is 15.9 Å². The number of hydrogen-bond donors (Lipinski definition) is 1. The van der Waals surface area contributed by atoms with Crippen molar-refractivity contribution in [3.05, 3.63) is 62.1 Å². The van der Waals surface area contributed by atoms with Crippen molar-refractivity contribution in [2.24, 2.45) is 0 Å². The molecular weight excluding hydrogens is 324 g/mol. The van der Waals surface area contributed by atoms with E-state index in [1.165, 1.54) is 0 Å². The molecule has 0 unspecified atom stereocenters. The minimum absolute atomic E-state index is 0.0689. The Morgan fingerprint density at radius 1 is 1.30 bits per heavy atom. The SMILES string of the molecule is Cc1cnc(CNCc2ccc(Br)c([N+](=O)[O-])c2)cn1. The van der Waals surface area contributed by atoms with Gasteiger partial charge < -0.3 is 5.32 Å². The Balaban J connectivity index is 1.96. The number of aryl methyl sites for hydroxylation is 1. The molecule has 1 N–H and O–H groups in total. The van der Waals surface area contributed by atoms with Gasteiger partial charge in [-0.05, 0) is 34.5 Å². The van der Waals surface area contributed by atoms with Gasteiger partial charge in [0.1, 0.15) is 0 Å². The van der Waals surface area contributed by atoms with Gasteiger partial charge in [-0.3, -0.25) is 20.1 Å². The third-order valence-corrected chi connectivity index (χ3v) is 3.35. The molecule has 20 heavy (non-hydrogen) atoms. The van der Waals surface area contributed by atoms with E-state index >= 15 is 0 Å². The minimum Gasteiger partial charge on any atom is -0.307 e. The van der Waals surface area contributed by atoms with Gasteiger partial charge in [0.15, 0.2) is 0 Å². The highest BCUT2D eigenvalue weighted by Crippen LogP contribution is 2.25. The molecule has 1 aromatic heterocycles. The molecule has 0 aliphatic carbocycles. The van der Waals surface area contributed by atoms with E-state index in [0.29, 0.717) is 17.6 Å². The van der Waals surface area contributed by atoms with Crippen LogP contribution in [0.2, 0.25) is 0 Å². The third kappa shape index (κ3) is 3.82. The van der Waals surface area contributed by atoms with Crippen LogP contribution < -0.4 is 5.32 Å². The largest absolute Gasteiger partial charge is 0.307 e. The zero-order valence-corrected chi connectivity index (χ0v) is 12.4. The molecule has 1 aromatic carbocycles. The van der Waals surface area contributed by atoms with Crippen LogP contribution in [0.15, 0.2) is 35.1 Å². The van der Waals surface area contributed by atoms with Crippen molar-refractivity contribution in [1.82, 2.24) is 15.3 Å². The Morgan fingerprint density at radius 2 is 2.10 bits per heavy atom. The van der Waals surface area contributed by atoms with E-state index in [-0.39, 0.29) is 5.69 Å². The Labute approximate surface area is 124 Å². The molecule has 0 atom stereocenters. The first-order chi connectivity index (χ1) is 9.56. The summed E-state index contributed by atoms with van der Waals surface area (Å²) in [6, 6.07) is 5.07. The smallest absolute Gasteiger partial charge is 0.283 e. The van der Waals surface area contributed by atoms with Crippen molar-refractivity contribution in [2.45, 2.75) is 20.0 Å². The number of nitro benzene ring substituents is 1. The molecule has 0 fully saturated rings. The van der Waals surface area contributed by atoms with Gasteiger partial charge in [-0.1, -0.05) is 6.07 Å². The number of halogens is 1. The first-order valence-corrected chi connectivity index (χ1v) is 6.76. The highest BCUT2D eigenvalue weighted by molar-refractivity contribution is 9.10. The Morgan fingerprint density at radius 3 is 2.75 bits per heavy atom. The Hall–Kier alpha value is -1.86. The molecule has 0 amide bonds. The molecular formula is C13H13BrN4O2. The zero-order valence-electron chi connectivity index (χ0n) is 10.8. The fraction of sp³-hybridized carbons (Fsp3) is 0.231. The maximum atomic E-state index is 10.8. The minimum atomic E-state index is -0.404. The quantitative estimate of drug-likeness (QED) is 0.670. The number of rotatable bonds is 5. The van der Waals surface area contributed by atoms with Crippen LogP contribution in [0.4, 0.5) is 5.69 Å². The summed E-state index contributed by atoms with van der Waals surface area (Å²) in [5, 5.41) is 14.0. The molecule has 6 nitrogen and oxygen atoms in total. The number of benzene rings is 1. The molecule has 0 saturated heterocycles. The lowest BCUT2D eigenvalue weighted by Crippen LogP contribution is -2.14. The van der Waals surface area contributed by atoms with Gasteiger partial charge in [-0.25, -0.2) is 0 Å². The van der Waals surface area contributed by atoms with E-state index in [4.69, 9.17) is 0 Å². The molecule has 0 bridgehead atoms. The van der Waals surface area contributed by atoms with Gasteiger partial charge >= 0.3 is 0 Å². The van der Waals surface area contributed by atoms with Crippen LogP contribution in [0.1, 0.15) is 17.0 Å². The molecule has 0 radical (unpaired) electrons. The highest BCUT2D eigenvalue weighted by Gasteiger charge is 2.11. The normalized spacial score (nSPS) is 10.5. The van der Waals surface area contributed by atoms with E-state index in [2.05, 4.69) is 31.2 Å². The third-order valence-electron chi connectivity index (χ3n) is 2.68. The predicted octanol–water partition coefficient (Wildman–Crippen LogP) is 2.75. The fourth-order valence-electron chi connectivity index (χ4n) is 1.65. The standard InChI is InChI=1S/C13H13BrN4O2/c1-9-5-17-11(8-16-9)7-15-6-10-2-3-12(14)13(4-10)18(19)20/h2-5,8,15H,6-7H2,1H3. The van der Waals surface area contributed by atoms with E-state index < -0.39 is 4.92 Å². The maximum absolute atomic E-state index is 10.8. The van der Waals surface area contributed by atoms with Gasteiger partial charge in [0.25, 0.3) is 5.69 Å². The second kappa shape index (κ2) is 6.53. The molecule has 0 saturated carbocycles. The van der Waals surface area contributed by atoms with E-state index in [1.807, 2.05) is 13.0 Å². The zero-order chi connectivity index (χ0) is 14.5. The predicted molar refractivity (Wildman–Crippen MR) is 78.1 cm³/mol. The topological polar surface area (TPSA) is 81.0 Å². The van der Waals surface area contributed by atoms with E-state index in [1.54, 1.807) is 24.5 Å². The number of aromatic nitrogens is 2. The van der Waals surface area contributed by atoms with Gasteiger partial charge in [0.05, 0.1) is 20.8 Å². The molecule has 0 aliphatic heterocycles. The lowest BCUT2D eigenvalue weighted by Gasteiger charge is -2.05. The Kier molecular flexibility index (Phi) is 4.75. The number of nitro groups is 1. The lowest BCUT2D eigenvalue weighted by molar-refractivity contribution is -0.385. The highest BCUT2D eigenvalue weighted by atomic mass is 79.9. The summed E-state index contributed by atoms with van der Waals surface area (Å²) in [5.74, 6) is 0. The van der Waals surface area contributed by atoms with Crippen molar-refractivity contribution in [3.8, 4) is 0 Å². The van der Waals surface area contributed by atoms with Crippen LogP contribution in [-0.2, 0) is 13.1 Å². The molecule has 2 aromatic rings. The van der Waals surface area contributed by atoms with Crippen LogP contribution in [0.5, 0.6) is 0 Å². The second-order valence-electron chi connectivity index (χ2n) is 4.30. The lowest BCUT2D eigenvalue weighted by atomic mass is 10.2. The summed E-state index contributed by atoms with van der Waals surface area (Å²) in [6.45, 7) is 2.98. The molecule has 1 heterocycles. The van der Waals surface area contributed by atoms with E-state index in [9.17, 15) is 10.1 Å². The summed E-state index contributed by atoms with van der Waals surface area (Å²) in [6.07, 6.45) is 3.42. The fourth-order valence-corrected chi connectivity index (χ4v) is 2.05. The van der Waals surface area contributed by atoms with Gasteiger partial charge in [0, 0.05) is 31.5 Å². The number of hydrogen-bond acceptors (Lipinski definition) is 5. The number of nitrogens with one attached hydrogen (secondary N) is 1. The summed E-state index contributed by atoms with van der Waals surface area (Å²) in [4.78, 5) is 18.8. The first-order valence-electron chi connectivity index (χ1n) is 5.97. The monoisotopic (exact) mass is 336 g/mol. The van der Waals surface area contributed by atoms with Crippen LogP contribution in [0.3, 0.4) is 0 Å². The summed E-state index contributed by atoms with van der Waals surface area (Å²) in [5.41, 5.74) is 2.62. The van der Waals surface area contributed by atoms with Gasteiger partial charge in [-0.2, -0.15) is 0 Å². The van der Waals surface area contributed by atoms with Crippen molar-refractivity contribution >= 4 is 21.6 Å². The summed E-state index contributed by atoms with van der Waals surface area (Å²) in [7, 11) is 0. The van der Waals surface area contributed by atoms with Gasteiger partial charge in [-0.15, -0.1) is 0 Å². The molecule has 7 heteroatoms. The average molecular weight is 337 g/mol.